The van der Waals surface area contributed by atoms with Gasteiger partial charge in [-0.3, -0.25) is 19.0 Å². The molecule has 2 aromatic carbocycles. The maximum Gasteiger partial charge on any atom is 0.271 e. The van der Waals surface area contributed by atoms with Gasteiger partial charge in [0.1, 0.15) is 24.1 Å². The number of nitriles is 1. The summed E-state index contributed by atoms with van der Waals surface area (Å²) in [5.41, 5.74) is 1.35. The number of nitrogens with zero attached hydrogens (tertiary/aromatic N) is 5. The number of amides is 1. The van der Waals surface area contributed by atoms with Gasteiger partial charge in [-0.25, -0.2) is 4.39 Å². The fraction of sp³-hybridized carbons (Fsp3) is 0.355. The van der Waals surface area contributed by atoms with Crippen molar-refractivity contribution in [2.24, 2.45) is 0 Å². The second-order valence-electron chi connectivity index (χ2n) is 11.3. The van der Waals surface area contributed by atoms with Crippen molar-refractivity contribution in [3.05, 3.63) is 69.8 Å². The Bertz CT molecular complexity index is 1770. The van der Waals surface area contributed by atoms with Crippen molar-refractivity contribution in [2.45, 2.75) is 32.0 Å². The van der Waals surface area contributed by atoms with E-state index < -0.39 is 17.4 Å². The van der Waals surface area contributed by atoms with E-state index >= 15 is 4.39 Å². The molecule has 1 aliphatic carbocycles. The summed E-state index contributed by atoms with van der Waals surface area (Å²) in [6, 6.07) is 7.32. The molecule has 0 N–H and O–H groups in total. The fourth-order valence-corrected chi connectivity index (χ4v) is 6.63. The summed E-state index contributed by atoms with van der Waals surface area (Å²) < 4.78 is 23.2. The van der Waals surface area contributed by atoms with Crippen LogP contribution in [-0.2, 0) is 4.79 Å². The zero-order chi connectivity index (χ0) is 29.3. The standard InChI is InChI=1S/C31H30FN5O4/c1-6-24(38)35-12-17(3)36(13-16(35)2)27-21-10-20-26(25-19(29(20)39)8-7-9-23(25)32)30-28(21)37(31(40)22(27)11-33)18(15-41-30)14-34(4)5/h6-10,16-18H,1,12-15H2,2-5H3/t16-,17+,18+/m1/s1. The summed E-state index contributed by atoms with van der Waals surface area (Å²) in [4.78, 5) is 45.9. The Morgan fingerprint density at radius 1 is 1.20 bits per heavy atom. The molecule has 0 spiro atoms. The van der Waals surface area contributed by atoms with Crippen LogP contribution in [0.4, 0.5) is 10.1 Å². The van der Waals surface area contributed by atoms with E-state index in [0.29, 0.717) is 41.8 Å². The number of hydrogen-bond donors (Lipinski definition) is 0. The molecule has 2 aliphatic heterocycles. The van der Waals surface area contributed by atoms with Crippen LogP contribution in [0.15, 0.2) is 41.7 Å². The van der Waals surface area contributed by atoms with E-state index in [2.05, 4.69) is 12.6 Å². The molecular formula is C31H30FN5O4. The van der Waals surface area contributed by atoms with Crippen molar-refractivity contribution in [1.29, 1.82) is 5.26 Å². The maximum absolute atomic E-state index is 15.2. The predicted molar refractivity (Wildman–Crippen MR) is 153 cm³/mol. The van der Waals surface area contributed by atoms with Gasteiger partial charge in [-0.05, 0) is 46.2 Å². The molecule has 3 aromatic rings. The summed E-state index contributed by atoms with van der Waals surface area (Å²) in [7, 11) is 3.77. The number of aromatic nitrogens is 1. The lowest BCUT2D eigenvalue weighted by atomic mass is 9.95. The van der Waals surface area contributed by atoms with Crippen molar-refractivity contribution < 1.29 is 18.7 Å². The third kappa shape index (κ3) is 3.79. The summed E-state index contributed by atoms with van der Waals surface area (Å²) in [5.74, 6) is -0.799. The Hall–Kier alpha value is -4.49. The first-order valence-corrected chi connectivity index (χ1v) is 13.6. The van der Waals surface area contributed by atoms with E-state index in [-0.39, 0.29) is 58.4 Å². The second-order valence-corrected chi connectivity index (χ2v) is 11.3. The van der Waals surface area contributed by atoms with E-state index in [0.717, 1.165) is 0 Å². The number of benzene rings is 2. The number of carbonyl (C=O) groups is 2. The van der Waals surface area contributed by atoms with Crippen LogP contribution in [0.1, 0.15) is 41.4 Å². The number of anilines is 1. The third-order valence-corrected chi connectivity index (χ3v) is 8.38. The highest BCUT2D eigenvalue weighted by Crippen LogP contribution is 2.51. The van der Waals surface area contributed by atoms with Crippen LogP contribution in [0.2, 0.25) is 0 Å². The first-order chi connectivity index (χ1) is 19.6. The molecule has 3 atom stereocenters. The van der Waals surface area contributed by atoms with E-state index in [4.69, 9.17) is 4.74 Å². The highest BCUT2D eigenvalue weighted by atomic mass is 19.1. The van der Waals surface area contributed by atoms with Crippen molar-refractivity contribution in [3.63, 3.8) is 0 Å². The molecule has 6 rings (SSSR count). The monoisotopic (exact) mass is 555 g/mol. The highest BCUT2D eigenvalue weighted by Gasteiger charge is 2.41. The summed E-state index contributed by atoms with van der Waals surface area (Å²) in [6.07, 6.45) is 1.28. The molecular weight excluding hydrogens is 525 g/mol. The average Bonchev–Trinajstić information content (AvgIpc) is 3.23. The highest BCUT2D eigenvalue weighted by molar-refractivity contribution is 6.25. The van der Waals surface area contributed by atoms with Crippen molar-refractivity contribution in [2.75, 3.05) is 45.2 Å². The topological polar surface area (TPSA) is 98.9 Å². The smallest absolute Gasteiger partial charge is 0.271 e. The van der Waals surface area contributed by atoms with Crippen LogP contribution in [0.5, 0.6) is 5.75 Å². The zero-order valence-corrected chi connectivity index (χ0v) is 23.4. The van der Waals surface area contributed by atoms with Crippen LogP contribution in [-0.4, -0.2) is 78.5 Å². The number of fused-ring (bicyclic) bond motifs is 4. The second kappa shape index (κ2) is 9.56. The first kappa shape index (κ1) is 26.7. The minimum absolute atomic E-state index is 0.0363. The number of carbonyl (C=O) groups excluding carboxylic acids is 2. The van der Waals surface area contributed by atoms with Crippen LogP contribution in [0, 0.1) is 17.1 Å². The van der Waals surface area contributed by atoms with Gasteiger partial charge in [0, 0.05) is 59.4 Å². The number of likely N-dealkylation sites (N-methyl/N-ethyl adjacent to an activating group) is 1. The SMILES string of the molecule is C=CC(=O)N1C[C@H](C)N(c2c(C#N)c(=O)n3c4c(c5c(cc24)C(=O)c2cccc(F)c2-5)OC[C@@H]3CN(C)C)C[C@H]1C. The molecule has 0 saturated carbocycles. The summed E-state index contributed by atoms with van der Waals surface area (Å²) >= 11 is 0. The van der Waals surface area contributed by atoms with E-state index in [1.807, 2.05) is 37.7 Å². The van der Waals surface area contributed by atoms with Gasteiger partial charge in [-0.2, -0.15) is 5.26 Å². The number of ether oxygens (including phenoxy) is 1. The largest absolute Gasteiger partial charge is 0.488 e. The van der Waals surface area contributed by atoms with Gasteiger partial charge in [-0.15, -0.1) is 0 Å². The Labute approximate surface area is 236 Å². The minimum Gasteiger partial charge on any atom is -0.488 e. The maximum atomic E-state index is 15.2. The molecule has 1 fully saturated rings. The first-order valence-electron chi connectivity index (χ1n) is 13.6. The molecule has 41 heavy (non-hydrogen) atoms. The average molecular weight is 556 g/mol. The van der Waals surface area contributed by atoms with Gasteiger partial charge < -0.3 is 19.4 Å². The van der Waals surface area contributed by atoms with Crippen LogP contribution in [0.3, 0.4) is 0 Å². The van der Waals surface area contributed by atoms with Crippen molar-refractivity contribution in [1.82, 2.24) is 14.4 Å². The van der Waals surface area contributed by atoms with E-state index in [9.17, 15) is 19.6 Å². The molecule has 10 heteroatoms. The number of halogens is 1. The van der Waals surface area contributed by atoms with E-state index in [1.165, 1.54) is 18.2 Å². The lowest BCUT2D eigenvalue weighted by molar-refractivity contribution is -0.128. The minimum atomic E-state index is -0.544. The Morgan fingerprint density at radius 2 is 1.95 bits per heavy atom. The van der Waals surface area contributed by atoms with Crippen LogP contribution >= 0.6 is 0 Å². The van der Waals surface area contributed by atoms with Gasteiger partial charge >= 0.3 is 0 Å². The molecule has 9 nitrogen and oxygen atoms in total. The predicted octanol–water partition coefficient (Wildman–Crippen LogP) is 3.33. The van der Waals surface area contributed by atoms with Gasteiger partial charge in [0.25, 0.3) is 5.56 Å². The van der Waals surface area contributed by atoms with Crippen molar-refractivity contribution in [3.8, 4) is 22.9 Å². The zero-order valence-electron chi connectivity index (χ0n) is 23.4. The molecule has 3 heterocycles. The quantitative estimate of drug-likeness (QED) is 0.356. The molecule has 3 aliphatic rings. The molecule has 1 aromatic heterocycles. The molecule has 0 bridgehead atoms. The van der Waals surface area contributed by atoms with Crippen LogP contribution in [0.25, 0.3) is 22.0 Å². The summed E-state index contributed by atoms with van der Waals surface area (Å²) in [5, 5.41) is 10.9. The molecule has 0 radical (unpaired) electrons. The third-order valence-electron chi connectivity index (χ3n) is 8.38. The van der Waals surface area contributed by atoms with Crippen molar-refractivity contribution >= 4 is 28.3 Å². The fourth-order valence-electron chi connectivity index (χ4n) is 6.63. The number of hydrogen-bond acceptors (Lipinski definition) is 7. The normalized spacial score (nSPS) is 21.0. The van der Waals surface area contributed by atoms with E-state index in [1.54, 1.807) is 21.6 Å². The van der Waals surface area contributed by atoms with Crippen LogP contribution < -0.4 is 15.2 Å². The molecule has 0 unspecified atom stereocenters. The lowest BCUT2D eigenvalue weighted by Crippen LogP contribution is -2.58. The van der Waals surface area contributed by atoms with Gasteiger partial charge in [0.15, 0.2) is 11.5 Å². The number of pyridine rings is 1. The van der Waals surface area contributed by atoms with Gasteiger partial charge in [0.05, 0.1) is 17.2 Å². The molecule has 1 amide bonds. The Kier molecular flexibility index (Phi) is 6.23. The Balaban J connectivity index is 1.69. The molecule has 210 valence electrons. The Morgan fingerprint density at radius 3 is 2.63 bits per heavy atom. The lowest BCUT2D eigenvalue weighted by Gasteiger charge is -2.46. The summed E-state index contributed by atoms with van der Waals surface area (Å²) in [6.45, 7) is 8.74. The molecule has 1 saturated heterocycles. The number of ketones is 1. The van der Waals surface area contributed by atoms with Gasteiger partial charge in [0.2, 0.25) is 5.91 Å². The number of rotatable bonds is 4. The van der Waals surface area contributed by atoms with Gasteiger partial charge in [-0.1, -0.05) is 18.7 Å². The number of piperazine rings is 1.